The van der Waals surface area contributed by atoms with E-state index in [1.807, 2.05) is 0 Å². The van der Waals surface area contributed by atoms with Crippen LogP contribution in [0.5, 0.6) is 0 Å². The Morgan fingerprint density at radius 1 is 1.37 bits per heavy atom. The molecule has 1 amide bonds. The summed E-state index contributed by atoms with van der Waals surface area (Å²) in [7, 11) is 1.64. The molecule has 0 aromatic carbocycles. The molecule has 3 aromatic heterocycles. The molecule has 1 aliphatic carbocycles. The van der Waals surface area contributed by atoms with Gasteiger partial charge in [0.25, 0.3) is 11.5 Å². The van der Waals surface area contributed by atoms with Gasteiger partial charge in [0, 0.05) is 11.9 Å². The molecular weight excluding hydrogens is 386 g/mol. The summed E-state index contributed by atoms with van der Waals surface area (Å²) in [6, 6.07) is 0. The largest absolute Gasteiger partial charge is 0.290 e. The van der Waals surface area contributed by atoms with Crippen molar-refractivity contribution < 1.29 is 4.79 Å². The maximum absolute atomic E-state index is 13.2. The average Bonchev–Trinajstić information content (AvgIpc) is 3.07. The second-order valence-electron chi connectivity index (χ2n) is 7.14. The van der Waals surface area contributed by atoms with Crippen LogP contribution in [0.3, 0.4) is 0 Å². The fourth-order valence-electron chi connectivity index (χ4n) is 3.66. The fraction of sp³-hybridized carbons (Fsp3) is 0.444. The van der Waals surface area contributed by atoms with Crippen molar-refractivity contribution in [2.24, 2.45) is 13.0 Å². The number of carbonyl (C=O) groups is 1. The van der Waals surface area contributed by atoms with Crippen molar-refractivity contribution in [3.05, 3.63) is 43.0 Å². The third kappa shape index (κ3) is 2.87. The third-order valence-corrected chi connectivity index (χ3v) is 6.68. The monoisotopic (exact) mass is 405 g/mol. The normalized spacial score (nSPS) is 16.6. The van der Waals surface area contributed by atoms with Gasteiger partial charge in [0.15, 0.2) is 0 Å². The van der Waals surface area contributed by atoms with Crippen LogP contribution >= 0.6 is 22.9 Å². The van der Waals surface area contributed by atoms with Crippen LogP contribution in [-0.2, 0) is 19.9 Å². The molecule has 0 bridgehead atoms. The maximum Gasteiger partial charge on any atom is 0.290 e. The molecule has 7 nitrogen and oxygen atoms in total. The highest BCUT2D eigenvalue weighted by Crippen LogP contribution is 2.35. The van der Waals surface area contributed by atoms with E-state index in [0.29, 0.717) is 22.8 Å². The highest BCUT2D eigenvalue weighted by atomic mass is 35.5. The molecule has 1 N–H and O–H groups in total. The van der Waals surface area contributed by atoms with Crippen molar-refractivity contribution in [1.29, 1.82) is 0 Å². The first-order valence-electron chi connectivity index (χ1n) is 8.82. The van der Waals surface area contributed by atoms with Crippen molar-refractivity contribution in [1.82, 2.24) is 19.4 Å². The maximum atomic E-state index is 13.2. The molecule has 1 unspecified atom stereocenters. The van der Waals surface area contributed by atoms with Crippen LogP contribution in [0, 0.1) is 19.8 Å². The van der Waals surface area contributed by atoms with Gasteiger partial charge in [-0.2, -0.15) is 5.10 Å². The number of aromatic nitrogens is 4. The minimum atomic E-state index is -0.493. The Hall–Kier alpha value is -2.19. The topological polar surface area (TPSA) is 81.8 Å². The Bertz CT molecular complexity index is 1140. The molecule has 0 fully saturated rings. The number of amides is 1. The molecule has 3 heterocycles. The Morgan fingerprint density at radius 2 is 2.11 bits per heavy atom. The highest BCUT2D eigenvalue weighted by Gasteiger charge is 2.25. The standard InChI is InChI=1S/C18H20ClN5O2S/c1-8-5-6-11-12(7-8)27-17-13(11)18(26)24(10(3)20-17)22-16(25)15-14(19)9(2)21-23(15)4/h8H,5-7H2,1-4H3,(H,22,25). The first-order valence-corrected chi connectivity index (χ1v) is 10.0. The van der Waals surface area contributed by atoms with Crippen LogP contribution in [0.25, 0.3) is 10.2 Å². The number of carbonyl (C=O) groups excluding carboxylic acids is 1. The number of halogens is 1. The van der Waals surface area contributed by atoms with Gasteiger partial charge in [-0.05, 0) is 44.6 Å². The molecule has 0 saturated heterocycles. The first-order chi connectivity index (χ1) is 12.8. The van der Waals surface area contributed by atoms with Gasteiger partial charge in [-0.15, -0.1) is 11.3 Å². The van der Waals surface area contributed by atoms with Gasteiger partial charge in [-0.3, -0.25) is 19.7 Å². The molecule has 3 aromatic rings. The first kappa shape index (κ1) is 18.2. The SMILES string of the molecule is Cc1nn(C)c(C(=O)Nn2c(C)nc3sc4c(c3c2=O)CCC(C)C4)c1Cl. The van der Waals surface area contributed by atoms with E-state index in [9.17, 15) is 9.59 Å². The van der Waals surface area contributed by atoms with Gasteiger partial charge in [0.1, 0.15) is 16.3 Å². The minimum Gasteiger partial charge on any atom is -0.267 e. The molecule has 0 aliphatic heterocycles. The second-order valence-corrected chi connectivity index (χ2v) is 8.61. The zero-order valence-electron chi connectivity index (χ0n) is 15.6. The smallest absolute Gasteiger partial charge is 0.267 e. The van der Waals surface area contributed by atoms with Gasteiger partial charge in [0.05, 0.1) is 16.1 Å². The lowest BCUT2D eigenvalue weighted by atomic mass is 9.89. The summed E-state index contributed by atoms with van der Waals surface area (Å²) in [6.07, 6.45) is 2.91. The van der Waals surface area contributed by atoms with Crippen LogP contribution in [0.15, 0.2) is 4.79 Å². The molecule has 4 rings (SSSR count). The molecule has 0 radical (unpaired) electrons. The molecule has 142 valence electrons. The summed E-state index contributed by atoms with van der Waals surface area (Å²) in [4.78, 5) is 32.5. The minimum absolute atomic E-state index is 0.210. The van der Waals surface area contributed by atoms with Gasteiger partial charge >= 0.3 is 0 Å². The lowest BCUT2D eigenvalue weighted by Gasteiger charge is -2.17. The van der Waals surface area contributed by atoms with E-state index in [4.69, 9.17) is 11.6 Å². The van der Waals surface area contributed by atoms with E-state index in [-0.39, 0.29) is 16.3 Å². The summed E-state index contributed by atoms with van der Waals surface area (Å²) < 4.78 is 2.63. The van der Waals surface area contributed by atoms with Crippen LogP contribution in [0.1, 0.15) is 45.8 Å². The van der Waals surface area contributed by atoms with Crippen LogP contribution in [0.2, 0.25) is 5.02 Å². The quantitative estimate of drug-likeness (QED) is 0.710. The number of aryl methyl sites for hydroxylation is 4. The van der Waals surface area contributed by atoms with E-state index in [1.165, 1.54) is 14.2 Å². The summed E-state index contributed by atoms with van der Waals surface area (Å²) in [6.45, 7) is 5.66. The van der Waals surface area contributed by atoms with Gasteiger partial charge in [0.2, 0.25) is 0 Å². The molecule has 1 atom stereocenters. The number of nitrogens with one attached hydrogen (secondary N) is 1. The average molecular weight is 406 g/mol. The molecule has 0 saturated carbocycles. The van der Waals surface area contributed by atoms with E-state index >= 15 is 0 Å². The van der Waals surface area contributed by atoms with Crippen LogP contribution < -0.4 is 11.0 Å². The number of hydrogen-bond donors (Lipinski definition) is 1. The number of thiophene rings is 1. The Balaban J connectivity index is 1.80. The fourth-order valence-corrected chi connectivity index (χ4v) is 5.32. The Labute approximate surface area is 164 Å². The number of hydrogen-bond acceptors (Lipinski definition) is 5. The summed E-state index contributed by atoms with van der Waals surface area (Å²) in [5.74, 6) is 0.554. The lowest BCUT2D eigenvalue weighted by Crippen LogP contribution is -2.36. The lowest BCUT2D eigenvalue weighted by molar-refractivity contribution is 0.0997. The summed E-state index contributed by atoms with van der Waals surface area (Å²) in [5.41, 5.74) is 4.26. The molecule has 1 aliphatic rings. The highest BCUT2D eigenvalue weighted by molar-refractivity contribution is 7.18. The van der Waals surface area contributed by atoms with E-state index in [0.717, 1.165) is 29.7 Å². The zero-order chi connectivity index (χ0) is 19.5. The van der Waals surface area contributed by atoms with Crippen molar-refractivity contribution in [3.8, 4) is 0 Å². The van der Waals surface area contributed by atoms with Crippen LogP contribution in [-0.4, -0.2) is 25.3 Å². The summed E-state index contributed by atoms with van der Waals surface area (Å²) in [5, 5.41) is 5.05. The third-order valence-electron chi connectivity index (χ3n) is 5.07. The van der Waals surface area contributed by atoms with Crippen molar-refractivity contribution in [3.63, 3.8) is 0 Å². The Morgan fingerprint density at radius 3 is 2.78 bits per heavy atom. The van der Waals surface area contributed by atoms with Crippen molar-refractivity contribution in [2.75, 3.05) is 5.43 Å². The van der Waals surface area contributed by atoms with Crippen molar-refractivity contribution >= 4 is 39.1 Å². The zero-order valence-corrected chi connectivity index (χ0v) is 17.2. The van der Waals surface area contributed by atoms with Crippen LogP contribution in [0.4, 0.5) is 0 Å². The number of fused-ring (bicyclic) bond motifs is 3. The number of rotatable bonds is 2. The van der Waals surface area contributed by atoms with Gasteiger partial charge in [-0.1, -0.05) is 18.5 Å². The van der Waals surface area contributed by atoms with E-state index in [1.54, 1.807) is 32.2 Å². The van der Waals surface area contributed by atoms with E-state index in [2.05, 4.69) is 22.4 Å². The van der Waals surface area contributed by atoms with E-state index < -0.39 is 5.91 Å². The predicted octanol–water partition coefficient (Wildman–Crippen LogP) is 2.97. The predicted molar refractivity (Wildman–Crippen MR) is 106 cm³/mol. The van der Waals surface area contributed by atoms with Crippen molar-refractivity contribution in [2.45, 2.75) is 40.0 Å². The second kappa shape index (κ2) is 6.45. The molecular formula is C18H20ClN5O2S. The molecule has 27 heavy (non-hydrogen) atoms. The van der Waals surface area contributed by atoms with Gasteiger partial charge in [-0.25, -0.2) is 9.66 Å². The summed E-state index contributed by atoms with van der Waals surface area (Å²) >= 11 is 7.79. The molecule has 0 spiro atoms. The number of nitrogens with zero attached hydrogens (tertiary/aromatic N) is 4. The Kier molecular flexibility index (Phi) is 4.35. The van der Waals surface area contributed by atoms with Gasteiger partial charge < -0.3 is 0 Å². The molecule has 9 heteroatoms.